The molecule has 0 radical (unpaired) electrons. The van der Waals surface area contributed by atoms with E-state index in [9.17, 15) is 0 Å². The quantitative estimate of drug-likeness (QED) is 0.870. The molecule has 1 heterocycles. The van der Waals surface area contributed by atoms with Crippen LogP contribution < -0.4 is 5.73 Å². The summed E-state index contributed by atoms with van der Waals surface area (Å²) in [7, 11) is 0. The minimum atomic E-state index is 0.775. The SMILES string of the molecule is NCCc1cccn1C1C2CC3CC(C2)CC1C3. The fraction of sp³-hybridized carbons (Fsp3) is 0.750. The largest absolute Gasteiger partial charge is 0.348 e. The van der Waals surface area contributed by atoms with Gasteiger partial charge in [-0.15, -0.1) is 0 Å². The van der Waals surface area contributed by atoms with Gasteiger partial charge >= 0.3 is 0 Å². The van der Waals surface area contributed by atoms with Crippen LogP contribution in [0.5, 0.6) is 0 Å². The molecule has 4 saturated carbocycles. The van der Waals surface area contributed by atoms with E-state index in [1.807, 2.05) is 0 Å². The molecule has 0 aliphatic heterocycles. The van der Waals surface area contributed by atoms with Crippen LogP contribution in [0.4, 0.5) is 0 Å². The summed E-state index contributed by atoms with van der Waals surface area (Å²) in [4.78, 5) is 0. The van der Waals surface area contributed by atoms with Crippen molar-refractivity contribution in [2.75, 3.05) is 6.54 Å². The molecule has 1 aromatic rings. The third kappa shape index (κ3) is 1.58. The predicted octanol–water partition coefficient (Wildman–Crippen LogP) is 2.99. The van der Waals surface area contributed by atoms with E-state index in [0.29, 0.717) is 0 Å². The maximum atomic E-state index is 5.75. The Bertz CT molecular complexity index is 406. The van der Waals surface area contributed by atoms with Gasteiger partial charge in [0.15, 0.2) is 0 Å². The van der Waals surface area contributed by atoms with Crippen molar-refractivity contribution in [2.24, 2.45) is 29.4 Å². The molecular weight excluding hydrogens is 220 g/mol. The summed E-state index contributed by atoms with van der Waals surface area (Å²) in [5.41, 5.74) is 7.22. The minimum Gasteiger partial charge on any atom is -0.348 e. The molecule has 98 valence electrons. The monoisotopic (exact) mass is 244 g/mol. The molecule has 0 aromatic carbocycles. The molecule has 18 heavy (non-hydrogen) atoms. The van der Waals surface area contributed by atoms with Gasteiger partial charge in [0.05, 0.1) is 0 Å². The lowest BCUT2D eigenvalue weighted by atomic mass is 9.54. The van der Waals surface area contributed by atoms with Crippen LogP contribution in [-0.2, 0) is 6.42 Å². The van der Waals surface area contributed by atoms with Gasteiger partial charge in [0.2, 0.25) is 0 Å². The molecule has 1 aromatic heterocycles. The van der Waals surface area contributed by atoms with Gasteiger partial charge in [-0.3, -0.25) is 0 Å². The predicted molar refractivity (Wildman–Crippen MR) is 73.3 cm³/mol. The maximum absolute atomic E-state index is 5.75. The number of nitrogens with zero attached hydrogens (tertiary/aromatic N) is 1. The van der Waals surface area contributed by atoms with Gasteiger partial charge < -0.3 is 10.3 Å². The van der Waals surface area contributed by atoms with Crippen molar-refractivity contribution in [3.8, 4) is 0 Å². The van der Waals surface area contributed by atoms with E-state index in [-0.39, 0.29) is 0 Å². The van der Waals surface area contributed by atoms with Crippen molar-refractivity contribution >= 4 is 0 Å². The Morgan fingerprint density at radius 2 is 1.72 bits per heavy atom. The second-order valence-corrected chi connectivity index (χ2v) is 6.87. The summed E-state index contributed by atoms with van der Waals surface area (Å²) in [5, 5.41) is 0. The van der Waals surface area contributed by atoms with Crippen molar-refractivity contribution in [1.82, 2.24) is 4.57 Å². The van der Waals surface area contributed by atoms with E-state index >= 15 is 0 Å². The van der Waals surface area contributed by atoms with Crippen LogP contribution in [-0.4, -0.2) is 11.1 Å². The third-order valence-corrected chi connectivity index (χ3v) is 5.77. The topological polar surface area (TPSA) is 30.9 Å². The van der Waals surface area contributed by atoms with E-state index in [1.165, 1.54) is 31.4 Å². The van der Waals surface area contributed by atoms with Crippen LogP contribution in [0, 0.1) is 23.7 Å². The summed E-state index contributed by atoms with van der Waals surface area (Å²) < 4.78 is 2.60. The lowest BCUT2D eigenvalue weighted by molar-refractivity contribution is -0.0298. The van der Waals surface area contributed by atoms with Crippen LogP contribution >= 0.6 is 0 Å². The first kappa shape index (κ1) is 11.1. The Balaban J connectivity index is 1.66. The van der Waals surface area contributed by atoms with Crippen LogP contribution in [0.25, 0.3) is 0 Å². The van der Waals surface area contributed by atoms with Crippen molar-refractivity contribution in [1.29, 1.82) is 0 Å². The molecule has 0 saturated heterocycles. The van der Waals surface area contributed by atoms with E-state index in [2.05, 4.69) is 22.9 Å². The number of nitrogens with two attached hydrogens (primary N) is 1. The first-order valence-corrected chi connectivity index (χ1v) is 7.71. The molecule has 0 atom stereocenters. The molecule has 4 aliphatic carbocycles. The molecule has 0 spiro atoms. The highest BCUT2D eigenvalue weighted by Crippen LogP contribution is 2.58. The molecule has 2 heteroatoms. The summed E-state index contributed by atoms with van der Waals surface area (Å²) >= 11 is 0. The molecule has 0 unspecified atom stereocenters. The van der Waals surface area contributed by atoms with Crippen molar-refractivity contribution < 1.29 is 0 Å². The van der Waals surface area contributed by atoms with E-state index < -0.39 is 0 Å². The lowest BCUT2D eigenvalue weighted by Gasteiger charge is -2.55. The van der Waals surface area contributed by atoms with Crippen molar-refractivity contribution in [3.05, 3.63) is 24.0 Å². The Morgan fingerprint density at radius 3 is 2.33 bits per heavy atom. The molecule has 4 bridgehead atoms. The molecule has 2 N–H and O–H groups in total. The van der Waals surface area contributed by atoms with Gasteiger partial charge in [0.1, 0.15) is 0 Å². The number of rotatable bonds is 3. The second kappa shape index (κ2) is 4.12. The highest BCUT2D eigenvalue weighted by molar-refractivity contribution is 5.12. The summed E-state index contributed by atoms with van der Waals surface area (Å²) in [6, 6.07) is 5.29. The van der Waals surface area contributed by atoms with E-state index in [0.717, 1.165) is 42.7 Å². The average Bonchev–Trinajstić information content (AvgIpc) is 2.76. The summed E-state index contributed by atoms with van der Waals surface area (Å²) in [5.74, 6) is 4.06. The normalized spacial score (nSPS) is 41.5. The first-order chi connectivity index (χ1) is 8.85. The molecular formula is C16H24N2. The van der Waals surface area contributed by atoms with Gasteiger partial charge in [-0.2, -0.15) is 0 Å². The van der Waals surface area contributed by atoms with E-state index in [4.69, 9.17) is 5.73 Å². The van der Waals surface area contributed by atoms with Crippen LogP contribution in [0.15, 0.2) is 18.3 Å². The van der Waals surface area contributed by atoms with Gasteiger partial charge in [-0.05, 0) is 80.9 Å². The Kier molecular flexibility index (Phi) is 2.54. The van der Waals surface area contributed by atoms with Crippen LogP contribution in [0.2, 0.25) is 0 Å². The van der Waals surface area contributed by atoms with E-state index in [1.54, 1.807) is 6.42 Å². The second-order valence-electron chi connectivity index (χ2n) is 6.87. The number of aromatic nitrogens is 1. The van der Waals surface area contributed by atoms with Gasteiger partial charge in [0, 0.05) is 17.9 Å². The number of hydrogen-bond acceptors (Lipinski definition) is 1. The van der Waals surface area contributed by atoms with Crippen LogP contribution in [0.3, 0.4) is 0 Å². The van der Waals surface area contributed by atoms with Crippen molar-refractivity contribution in [3.63, 3.8) is 0 Å². The average molecular weight is 244 g/mol. The highest BCUT2D eigenvalue weighted by atomic mass is 15.0. The van der Waals surface area contributed by atoms with Gasteiger partial charge in [0.25, 0.3) is 0 Å². The molecule has 4 aliphatic rings. The molecule has 2 nitrogen and oxygen atoms in total. The standard InChI is InChI=1S/C16H24N2/c17-4-3-15-2-1-5-18(15)16-13-7-11-6-12(9-13)10-14(16)8-11/h1-2,5,11-14,16H,3-4,6-10,17H2. The first-order valence-electron chi connectivity index (χ1n) is 7.71. The summed E-state index contributed by atoms with van der Waals surface area (Å²) in [6.45, 7) is 0.775. The molecule has 4 fully saturated rings. The Labute approximate surface area is 110 Å². The van der Waals surface area contributed by atoms with Gasteiger partial charge in [-0.25, -0.2) is 0 Å². The Morgan fingerprint density at radius 1 is 1.06 bits per heavy atom. The zero-order chi connectivity index (χ0) is 12.1. The highest BCUT2D eigenvalue weighted by Gasteiger charge is 2.48. The molecule has 5 rings (SSSR count). The van der Waals surface area contributed by atoms with Crippen LogP contribution in [0.1, 0.15) is 43.8 Å². The lowest BCUT2D eigenvalue weighted by Crippen LogP contribution is -2.46. The fourth-order valence-electron chi connectivity index (χ4n) is 5.43. The van der Waals surface area contributed by atoms with Crippen molar-refractivity contribution in [2.45, 2.75) is 44.6 Å². The minimum absolute atomic E-state index is 0.775. The summed E-state index contributed by atoms with van der Waals surface area (Å²) in [6.07, 6.45) is 10.9. The third-order valence-electron chi connectivity index (χ3n) is 5.77. The zero-order valence-electron chi connectivity index (χ0n) is 11.1. The molecule has 0 amide bonds. The van der Waals surface area contributed by atoms with Gasteiger partial charge in [-0.1, -0.05) is 0 Å². The number of hydrogen-bond donors (Lipinski definition) is 1. The fourth-order valence-corrected chi connectivity index (χ4v) is 5.43. The smallest absolute Gasteiger partial charge is 0.0390 e. The zero-order valence-corrected chi connectivity index (χ0v) is 11.1. The Hall–Kier alpha value is -0.760. The maximum Gasteiger partial charge on any atom is 0.0390 e.